The molecule has 12 heavy (non-hydrogen) atoms. The first-order chi connectivity index (χ1) is 5.45. The smallest absolute Gasteiger partial charge is 0.148 e. The highest BCUT2D eigenvalue weighted by Crippen LogP contribution is 2.07. The lowest BCUT2D eigenvalue weighted by molar-refractivity contribution is 0.603. The Labute approximate surface area is 79.0 Å². The number of sulfone groups is 1. The van der Waals surface area contributed by atoms with E-state index in [1.165, 1.54) is 6.26 Å². The predicted molar refractivity (Wildman–Crippen MR) is 55.3 cm³/mol. The van der Waals surface area contributed by atoms with Crippen molar-refractivity contribution in [1.82, 2.24) is 0 Å². The van der Waals surface area contributed by atoms with Crippen molar-refractivity contribution >= 4 is 21.6 Å². The molecule has 5 heteroatoms. The average Bonchev–Trinajstić information content (AvgIpc) is 1.96. The molecule has 0 saturated carbocycles. The van der Waals surface area contributed by atoms with Crippen molar-refractivity contribution < 1.29 is 8.42 Å². The summed E-state index contributed by atoms with van der Waals surface area (Å²) in [7, 11) is -2.78. The van der Waals surface area contributed by atoms with Gasteiger partial charge in [-0.1, -0.05) is 6.92 Å². The second kappa shape index (κ2) is 5.83. The molecule has 0 saturated heterocycles. The fourth-order valence-corrected chi connectivity index (χ4v) is 2.95. The molecule has 0 aliphatic rings. The van der Waals surface area contributed by atoms with Crippen molar-refractivity contribution in [3.05, 3.63) is 0 Å². The quantitative estimate of drug-likeness (QED) is 0.644. The second-order valence-electron chi connectivity index (χ2n) is 3.05. The van der Waals surface area contributed by atoms with Crippen molar-refractivity contribution in [2.75, 3.05) is 30.1 Å². The van der Waals surface area contributed by atoms with Gasteiger partial charge in [-0.3, -0.25) is 0 Å². The molecule has 0 rings (SSSR count). The van der Waals surface area contributed by atoms with Gasteiger partial charge < -0.3 is 5.73 Å². The fourth-order valence-electron chi connectivity index (χ4n) is 0.563. The van der Waals surface area contributed by atoms with Crippen LogP contribution >= 0.6 is 11.8 Å². The number of hydrogen-bond donors (Lipinski definition) is 1. The predicted octanol–water partition coefficient (Wildman–Crippen LogP) is 0.359. The third-order valence-electron chi connectivity index (χ3n) is 1.40. The van der Waals surface area contributed by atoms with E-state index in [9.17, 15) is 8.42 Å². The Balaban J connectivity index is 3.34. The summed E-state index contributed by atoms with van der Waals surface area (Å²) in [4.78, 5) is 0. The summed E-state index contributed by atoms with van der Waals surface area (Å²) >= 11 is 1.65. The summed E-state index contributed by atoms with van der Waals surface area (Å²) in [6.45, 7) is 2.74. The molecule has 0 aliphatic heterocycles. The van der Waals surface area contributed by atoms with Crippen molar-refractivity contribution in [2.24, 2.45) is 11.7 Å². The summed E-state index contributed by atoms with van der Waals surface area (Å²) in [5.74, 6) is 2.39. The van der Waals surface area contributed by atoms with Gasteiger partial charge in [0.15, 0.2) is 0 Å². The first kappa shape index (κ1) is 12.3. The maximum absolute atomic E-state index is 10.7. The molecule has 0 spiro atoms. The zero-order valence-corrected chi connectivity index (χ0v) is 9.25. The topological polar surface area (TPSA) is 60.2 Å². The van der Waals surface area contributed by atoms with Crippen LogP contribution in [0.2, 0.25) is 0 Å². The lowest BCUT2D eigenvalue weighted by Crippen LogP contribution is -2.14. The Kier molecular flexibility index (Phi) is 5.96. The molecule has 1 atom stereocenters. The SMILES string of the molecule is CC(CN)CSCCS(C)(=O)=O. The molecule has 0 heterocycles. The molecule has 0 amide bonds. The molecule has 3 nitrogen and oxygen atoms in total. The van der Waals surface area contributed by atoms with Gasteiger partial charge in [0.25, 0.3) is 0 Å². The van der Waals surface area contributed by atoms with Crippen LogP contribution in [0.5, 0.6) is 0 Å². The molecular formula is C7H17NO2S2. The van der Waals surface area contributed by atoms with Crippen molar-refractivity contribution in [2.45, 2.75) is 6.92 Å². The van der Waals surface area contributed by atoms with E-state index in [1.54, 1.807) is 11.8 Å². The third kappa shape index (κ3) is 8.36. The van der Waals surface area contributed by atoms with Crippen LogP contribution in [0, 0.1) is 5.92 Å². The largest absolute Gasteiger partial charge is 0.330 e. The monoisotopic (exact) mass is 211 g/mol. The van der Waals surface area contributed by atoms with Crippen LogP contribution in [-0.2, 0) is 9.84 Å². The van der Waals surface area contributed by atoms with Crippen LogP contribution < -0.4 is 5.73 Å². The Morgan fingerprint density at radius 3 is 2.50 bits per heavy atom. The highest BCUT2D eigenvalue weighted by molar-refractivity contribution is 8.00. The normalized spacial score (nSPS) is 14.6. The first-order valence-electron chi connectivity index (χ1n) is 3.91. The molecular weight excluding hydrogens is 194 g/mol. The Morgan fingerprint density at radius 2 is 2.08 bits per heavy atom. The minimum atomic E-state index is -2.78. The van der Waals surface area contributed by atoms with E-state index in [4.69, 9.17) is 5.73 Å². The van der Waals surface area contributed by atoms with Crippen molar-refractivity contribution in [3.8, 4) is 0 Å². The standard InChI is InChI=1S/C7H17NO2S2/c1-7(5-8)6-11-3-4-12(2,9)10/h7H,3-6,8H2,1-2H3. The summed E-state index contributed by atoms with van der Waals surface area (Å²) in [6, 6.07) is 0. The fraction of sp³-hybridized carbons (Fsp3) is 1.00. The second-order valence-corrected chi connectivity index (χ2v) is 6.46. The van der Waals surface area contributed by atoms with Crippen LogP contribution in [0.3, 0.4) is 0 Å². The molecule has 0 radical (unpaired) electrons. The van der Waals surface area contributed by atoms with E-state index in [0.29, 0.717) is 18.2 Å². The molecule has 0 aromatic rings. The first-order valence-corrected chi connectivity index (χ1v) is 7.12. The molecule has 0 bridgehead atoms. The van der Waals surface area contributed by atoms with Gasteiger partial charge in [0.05, 0.1) is 5.75 Å². The molecule has 0 aromatic heterocycles. The van der Waals surface area contributed by atoms with Gasteiger partial charge in [0.2, 0.25) is 0 Å². The van der Waals surface area contributed by atoms with Crippen LogP contribution in [0.1, 0.15) is 6.92 Å². The van der Waals surface area contributed by atoms with Crippen molar-refractivity contribution in [3.63, 3.8) is 0 Å². The van der Waals surface area contributed by atoms with Gasteiger partial charge >= 0.3 is 0 Å². The molecule has 0 aliphatic carbocycles. The van der Waals surface area contributed by atoms with Crippen LogP contribution in [0.15, 0.2) is 0 Å². The lowest BCUT2D eigenvalue weighted by Gasteiger charge is -2.06. The average molecular weight is 211 g/mol. The zero-order chi connectivity index (χ0) is 9.61. The number of thioether (sulfide) groups is 1. The highest BCUT2D eigenvalue weighted by atomic mass is 32.2. The van der Waals surface area contributed by atoms with Crippen LogP contribution in [0.25, 0.3) is 0 Å². The van der Waals surface area contributed by atoms with Gasteiger partial charge in [-0.15, -0.1) is 0 Å². The van der Waals surface area contributed by atoms with E-state index >= 15 is 0 Å². The maximum Gasteiger partial charge on any atom is 0.148 e. The Hall–Kier alpha value is 0.260. The zero-order valence-electron chi connectivity index (χ0n) is 7.62. The van der Waals surface area contributed by atoms with Gasteiger partial charge in [0, 0.05) is 12.0 Å². The molecule has 0 aromatic carbocycles. The van der Waals surface area contributed by atoms with Gasteiger partial charge in [-0.2, -0.15) is 11.8 Å². The highest BCUT2D eigenvalue weighted by Gasteiger charge is 2.03. The van der Waals surface area contributed by atoms with Gasteiger partial charge in [-0.25, -0.2) is 8.42 Å². The molecule has 0 fully saturated rings. The summed E-state index contributed by atoms with van der Waals surface area (Å²) in [5.41, 5.74) is 5.41. The van der Waals surface area contributed by atoms with E-state index in [-0.39, 0.29) is 5.75 Å². The molecule has 1 unspecified atom stereocenters. The maximum atomic E-state index is 10.7. The summed E-state index contributed by atoms with van der Waals surface area (Å²) in [6.07, 6.45) is 1.26. The van der Waals surface area contributed by atoms with Gasteiger partial charge in [-0.05, 0) is 18.2 Å². The number of hydrogen-bond acceptors (Lipinski definition) is 4. The van der Waals surface area contributed by atoms with Crippen molar-refractivity contribution in [1.29, 1.82) is 0 Å². The Morgan fingerprint density at radius 1 is 1.50 bits per heavy atom. The van der Waals surface area contributed by atoms with E-state index in [2.05, 4.69) is 6.92 Å². The molecule has 2 N–H and O–H groups in total. The number of rotatable bonds is 6. The van der Waals surface area contributed by atoms with E-state index < -0.39 is 9.84 Å². The third-order valence-corrected chi connectivity index (χ3v) is 3.90. The van der Waals surface area contributed by atoms with Crippen LogP contribution in [0.4, 0.5) is 0 Å². The lowest BCUT2D eigenvalue weighted by atomic mass is 10.2. The summed E-state index contributed by atoms with van der Waals surface area (Å²) < 4.78 is 21.4. The minimum absolute atomic E-state index is 0.273. The Bertz CT molecular complexity index is 201. The van der Waals surface area contributed by atoms with E-state index in [0.717, 1.165) is 5.75 Å². The minimum Gasteiger partial charge on any atom is -0.330 e. The number of nitrogens with two attached hydrogens (primary N) is 1. The van der Waals surface area contributed by atoms with Gasteiger partial charge in [0.1, 0.15) is 9.84 Å². The van der Waals surface area contributed by atoms with E-state index in [1.807, 2.05) is 0 Å². The summed E-state index contributed by atoms with van der Waals surface area (Å²) in [5, 5.41) is 0. The van der Waals surface area contributed by atoms with Crippen LogP contribution in [-0.4, -0.2) is 38.5 Å². The molecule has 74 valence electrons.